The molecule has 2 aliphatic heterocycles. The summed E-state index contributed by atoms with van der Waals surface area (Å²) in [6.45, 7) is 6.51. The van der Waals surface area contributed by atoms with E-state index in [2.05, 4.69) is 39.1 Å². The van der Waals surface area contributed by atoms with Crippen molar-refractivity contribution in [2.75, 3.05) is 18.5 Å². The van der Waals surface area contributed by atoms with Crippen molar-refractivity contribution in [3.63, 3.8) is 0 Å². The normalized spacial score (nSPS) is 27.2. The largest absolute Gasteiger partial charge is 0.355 e. The number of anilines is 1. The van der Waals surface area contributed by atoms with Gasteiger partial charge in [0.05, 0.1) is 31.2 Å². The van der Waals surface area contributed by atoms with Crippen LogP contribution in [-0.2, 0) is 30.3 Å². The van der Waals surface area contributed by atoms with Gasteiger partial charge in [0.15, 0.2) is 11.2 Å². The lowest BCUT2D eigenvalue weighted by atomic mass is 10.0. The molecule has 3 aromatic rings. The second-order valence-electron chi connectivity index (χ2n) is 11.5. The van der Waals surface area contributed by atoms with E-state index in [9.17, 15) is 19.3 Å². The van der Waals surface area contributed by atoms with Gasteiger partial charge in [-0.2, -0.15) is 4.98 Å². The summed E-state index contributed by atoms with van der Waals surface area (Å²) in [7, 11) is 0. The molecule has 2 aliphatic rings. The number of aryl methyl sites for hydroxylation is 1. The lowest BCUT2D eigenvalue weighted by Gasteiger charge is -2.24. The number of imidazole rings is 1. The summed E-state index contributed by atoms with van der Waals surface area (Å²) in [5.41, 5.74) is -0.405. The van der Waals surface area contributed by atoms with Gasteiger partial charge in [-0.25, -0.2) is 9.78 Å². The molecule has 1 unspecified atom stereocenters. The van der Waals surface area contributed by atoms with Gasteiger partial charge in [0.2, 0.25) is 5.95 Å². The number of nitrogens with one attached hydrogen (secondary N) is 3. The summed E-state index contributed by atoms with van der Waals surface area (Å²) < 4.78 is 26.9. The molecular weight excluding hydrogens is 601 g/mol. The molecule has 5 heterocycles. The van der Waals surface area contributed by atoms with E-state index in [0.29, 0.717) is 42.5 Å². The number of aromatic nitrogens is 6. The number of hydrogen-bond donors (Lipinski definition) is 4. The van der Waals surface area contributed by atoms with E-state index in [1.807, 2.05) is 13.8 Å². The molecule has 0 radical (unpaired) electrons. The third-order valence-corrected chi connectivity index (χ3v) is 9.26. The smallest absolute Gasteiger partial charge is 0.330 e. The van der Waals surface area contributed by atoms with Crippen molar-refractivity contribution in [2.24, 2.45) is 11.8 Å². The van der Waals surface area contributed by atoms with E-state index >= 15 is 0 Å². The van der Waals surface area contributed by atoms with Crippen molar-refractivity contribution in [3.8, 4) is 0 Å². The first kappa shape index (κ1) is 31.7. The van der Waals surface area contributed by atoms with E-state index in [4.69, 9.17) is 30.3 Å². The Morgan fingerprint density at radius 3 is 2.60 bits per heavy atom. The van der Waals surface area contributed by atoms with Crippen molar-refractivity contribution >= 4 is 35.6 Å². The Bertz CT molecular complexity index is 1690. The molecule has 15 nitrogen and oxygen atoms in total. The van der Waals surface area contributed by atoms with Crippen LogP contribution in [0.3, 0.4) is 0 Å². The van der Waals surface area contributed by atoms with Crippen LogP contribution in [0.2, 0.25) is 0 Å². The number of fused-ring (bicyclic) bond motifs is 1. The van der Waals surface area contributed by atoms with Gasteiger partial charge < -0.3 is 28.7 Å². The van der Waals surface area contributed by atoms with E-state index in [0.717, 1.165) is 0 Å². The summed E-state index contributed by atoms with van der Waals surface area (Å²) in [4.78, 5) is 61.5. The van der Waals surface area contributed by atoms with Crippen LogP contribution >= 0.6 is 6.72 Å². The number of ether oxygens (including phenoxy) is 2. The number of rotatable bonds is 11. The summed E-state index contributed by atoms with van der Waals surface area (Å²) in [5.74, 6) is 0.748. The average molecular weight is 640 g/mol. The van der Waals surface area contributed by atoms with Gasteiger partial charge in [0.25, 0.3) is 11.1 Å². The average Bonchev–Trinajstić information content (AvgIpc) is 3.64. The van der Waals surface area contributed by atoms with E-state index in [1.54, 1.807) is 11.5 Å². The maximum atomic E-state index is 12.6. The highest BCUT2D eigenvalue weighted by Gasteiger charge is 2.41. The molecule has 17 heteroatoms. The van der Waals surface area contributed by atoms with Crippen molar-refractivity contribution in [1.29, 1.82) is 0 Å². The molecule has 4 N–H and O–H groups in total. The fourth-order valence-electron chi connectivity index (χ4n) is 5.28. The summed E-state index contributed by atoms with van der Waals surface area (Å²) in [6, 6.07) is 0. The SMILES string of the molecule is CC[C@H]1O[C@@H](n2cc(C)c(=O)[nH]c2=O)C[C@@H]1OP(O)(=S)OC[C@H]1O[C@@H](n2cnc3c(=O)[nH]c(NCC(C)C)nc32)C[C@@H]1C. The molecule has 0 aliphatic carbocycles. The zero-order chi connectivity index (χ0) is 31.1. The quantitative estimate of drug-likeness (QED) is 0.225. The zero-order valence-electron chi connectivity index (χ0n) is 24.7. The molecule has 43 heavy (non-hydrogen) atoms. The predicted molar refractivity (Wildman–Crippen MR) is 161 cm³/mol. The molecule has 7 atom stereocenters. The highest BCUT2D eigenvalue weighted by molar-refractivity contribution is 8.07. The first-order chi connectivity index (χ1) is 20.3. The van der Waals surface area contributed by atoms with Crippen LogP contribution in [0, 0.1) is 18.8 Å². The van der Waals surface area contributed by atoms with Gasteiger partial charge in [0, 0.05) is 24.7 Å². The maximum Gasteiger partial charge on any atom is 0.330 e. The third kappa shape index (κ3) is 7.00. The topological polar surface area (TPSA) is 188 Å². The Kier molecular flexibility index (Phi) is 9.37. The summed E-state index contributed by atoms with van der Waals surface area (Å²) >= 11 is 5.34. The summed E-state index contributed by atoms with van der Waals surface area (Å²) in [6.07, 6.45) is 1.72. The third-order valence-electron chi connectivity index (χ3n) is 7.67. The molecule has 0 bridgehead atoms. The van der Waals surface area contributed by atoms with Gasteiger partial charge in [0.1, 0.15) is 12.5 Å². The molecular formula is C26H38N7O8PS. The predicted octanol–water partition coefficient (Wildman–Crippen LogP) is 2.29. The molecule has 3 aromatic heterocycles. The molecule has 236 valence electrons. The standard InChI is InChI=1S/C26H38N7O8PS/c1-6-16-17(8-20(39-16)32-10-15(5)23(34)31-26(32)36)41-42(37,43)38-11-18-14(4)7-19(40-18)33-12-28-21-22(33)29-25(30-24(21)35)27-9-13(2)3/h10,12-14,16-20H,6-9,11H2,1-5H3,(H,37,43)(H,31,34,36)(H2,27,29,30,35)/t14-,16+,17-,18+,19+,20+,42?/m0/s1. The van der Waals surface area contributed by atoms with Crippen LogP contribution in [0.4, 0.5) is 5.95 Å². The zero-order valence-corrected chi connectivity index (χ0v) is 26.4. The minimum absolute atomic E-state index is 0.0142. The Hall–Kier alpha value is -2.72. The van der Waals surface area contributed by atoms with E-state index in [-0.39, 0.29) is 30.0 Å². The van der Waals surface area contributed by atoms with Gasteiger partial charge in [-0.1, -0.05) is 27.7 Å². The Morgan fingerprint density at radius 2 is 1.88 bits per heavy atom. The fraction of sp³-hybridized carbons (Fsp3) is 0.654. The molecule has 2 saturated heterocycles. The number of aromatic amines is 2. The Balaban J connectivity index is 1.22. The molecule has 0 spiro atoms. The molecule has 5 rings (SSSR count). The Labute approximate surface area is 252 Å². The monoisotopic (exact) mass is 639 g/mol. The van der Waals surface area contributed by atoms with Crippen LogP contribution < -0.4 is 22.1 Å². The number of hydrogen-bond acceptors (Lipinski definition) is 11. The fourth-order valence-corrected chi connectivity index (χ4v) is 6.75. The first-order valence-corrected chi connectivity index (χ1v) is 16.9. The number of H-pyrrole nitrogens is 2. The summed E-state index contributed by atoms with van der Waals surface area (Å²) in [5, 5.41) is 3.14. The molecule has 0 aromatic carbocycles. The molecule has 0 saturated carbocycles. The van der Waals surface area contributed by atoms with Crippen LogP contribution in [0.25, 0.3) is 11.2 Å². The van der Waals surface area contributed by atoms with E-state index in [1.165, 1.54) is 17.1 Å². The first-order valence-electron chi connectivity index (χ1n) is 14.3. The van der Waals surface area contributed by atoms with Crippen molar-refractivity contribution < 1.29 is 23.4 Å². The van der Waals surface area contributed by atoms with E-state index < -0.39 is 48.7 Å². The minimum Gasteiger partial charge on any atom is -0.355 e. The lowest BCUT2D eigenvalue weighted by molar-refractivity contribution is -0.0332. The lowest BCUT2D eigenvalue weighted by Crippen LogP contribution is -2.33. The second-order valence-corrected chi connectivity index (χ2v) is 14.3. The highest BCUT2D eigenvalue weighted by atomic mass is 32.5. The second kappa shape index (κ2) is 12.7. The van der Waals surface area contributed by atoms with Gasteiger partial charge >= 0.3 is 12.4 Å². The van der Waals surface area contributed by atoms with Crippen LogP contribution in [0.15, 0.2) is 26.9 Å². The van der Waals surface area contributed by atoms with Gasteiger partial charge in [-0.15, -0.1) is 0 Å². The van der Waals surface area contributed by atoms with Crippen molar-refractivity contribution in [3.05, 3.63) is 49.3 Å². The molecule has 0 amide bonds. The maximum absolute atomic E-state index is 12.6. The van der Waals surface area contributed by atoms with Crippen molar-refractivity contribution in [2.45, 2.75) is 84.6 Å². The molecule has 2 fully saturated rings. The van der Waals surface area contributed by atoms with Crippen LogP contribution in [0.5, 0.6) is 0 Å². The minimum atomic E-state index is -3.72. The van der Waals surface area contributed by atoms with Gasteiger partial charge in [-0.05, 0) is 43.4 Å². The van der Waals surface area contributed by atoms with Gasteiger partial charge in [-0.3, -0.25) is 28.7 Å². The van der Waals surface area contributed by atoms with Crippen LogP contribution in [0.1, 0.15) is 65.0 Å². The number of nitrogens with zero attached hydrogens (tertiary/aromatic N) is 4. The highest BCUT2D eigenvalue weighted by Crippen LogP contribution is 2.50. The van der Waals surface area contributed by atoms with Crippen LogP contribution in [-0.4, -0.2) is 65.4 Å². The Morgan fingerprint density at radius 1 is 1.16 bits per heavy atom. The van der Waals surface area contributed by atoms with Crippen molar-refractivity contribution in [1.82, 2.24) is 29.1 Å².